The predicted octanol–water partition coefficient (Wildman–Crippen LogP) is 3.95. The minimum atomic E-state index is -0.445. The van der Waals surface area contributed by atoms with E-state index < -0.39 is 5.92 Å². The average Bonchev–Trinajstić information content (AvgIpc) is 3.17. The Labute approximate surface area is 165 Å². The first kappa shape index (κ1) is 19.1. The molecule has 0 aliphatic carbocycles. The Kier molecular flexibility index (Phi) is 5.89. The summed E-state index contributed by atoms with van der Waals surface area (Å²) in [5.41, 5.74) is 1.91. The van der Waals surface area contributed by atoms with E-state index in [1.807, 2.05) is 13.0 Å². The van der Waals surface area contributed by atoms with E-state index in [4.69, 9.17) is 16.0 Å². The van der Waals surface area contributed by atoms with Crippen molar-refractivity contribution in [3.8, 4) is 6.07 Å². The van der Waals surface area contributed by atoms with Crippen LogP contribution in [-0.4, -0.2) is 17.6 Å². The SMILES string of the molecule is Cc1ccc(Cl)cc1NC(=O)CSC1=C(C#N)[C@@H](c2ccco2)CC(=O)N1. The standard InChI is InChI=1S/C19H16ClN3O3S/c1-11-4-5-12(20)7-15(11)22-18(25)10-27-19-14(9-21)13(8-17(24)23-19)16-3-2-6-26-16/h2-7,13H,8,10H2,1H3,(H,22,25)(H,23,24)/t13-/m0/s1. The highest BCUT2D eigenvalue weighted by Crippen LogP contribution is 2.36. The molecular formula is C19H16ClN3O3S. The lowest BCUT2D eigenvalue weighted by Gasteiger charge is -2.23. The van der Waals surface area contributed by atoms with Gasteiger partial charge in [0.1, 0.15) is 5.76 Å². The molecule has 2 aromatic rings. The molecule has 0 bridgehead atoms. The molecule has 2 N–H and O–H groups in total. The number of nitriles is 1. The summed E-state index contributed by atoms with van der Waals surface area (Å²) in [5, 5.41) is 15.9. The molecule has 138 valence electrons. The number of anilines is 1. The molecule has 27 heavy (non-hydrogen) atoms. The molecule has 3 rings (SSSR count). The molecule has 0 unspecified atom stereocenters. The van der Waals surface area contributed by atoms with Crippen molar-refractivity contribution in [3.63, 3.8) is 0 Å². The molecule has 2 amide bonds. The van der Waals surface area contributed by atoms with Gasteiger partial charge in [0.15, 0.2) is 0 Å². The zero-order valence-electron chi connectivity index (χ0n) is 14.4. The van der Waals surface area contributed by atoms with Crippen molar-refractivity contribution >= 4 is 40.9 Å². The Morgan fingerprint density at radius 3 is 3.00 bits per heavy atom. The number of carbonyl (C=O) groups is 2. The van der Waals surface area contributed by atoms with Crippen LogP contribution in [0.1, 0.15) is 23.7 Å². The van der Waals surface area contributed by atoms with Gasteiger partial charge in [0.2, 0.25) is 11.8 Å². The fourth-order valence-corrected chi connectivity index (χ4v) is 3.77. The fraction of sp³-hybridized carbons (Fsp3) is 0.211. The Bertz CT molecular complexity index is 948. The second-order valence-corrected chi connectivity index (χ2v) is 7.39. The molecule has 1 aromatic heterocycles. The van der Waals surface area contributed by atoms with Crippen LogP contribution in [0.5, 0.6) is 0 Å². The number of allylic oxidation sites excluding steroid dienone is 1. The Morgan fingerprint density at radius 2 is 2.30 bits per heavy atom. The van der Waals surface area contributed by atoms with Crippen LogP contribution in [0.15, 0.2) is 51.6 Å². The highest BCUT2D eigenvalue weighted by molar-refractivity contribution is 8.03. The zero-order chi connectivity index (χ0) is 19.4. The summed E-state index contributed by atoms with van der Waals surface area (Å²) in [7, 11) is 0. The number of thioether (sulfide) groups is 1. The smallest absolute Gasteiger partial charge is 0.234 e. The molecule has 0 saturated carbocycles. The van der Waals surface area contributed by atoms with E-state index in [0.29, 0.717) is 27.1 Å². The summed E-state index contributed by atoms with van der Waals surface area (Å²) in [4.78, 5) is 24.3. The zero-order valence-corrected chi connectivity index (χ0v) is 16.0. The lowest BCUT2D eigenvalue weighted by Crippen LogP contribution is -2.31. The first-order chi connectivity index (χ1) is 13.0. The normalized spacial score (nSPS) is 16.6. The van der Waals surface area contributed by atoms with Crippen LogP contribution < -0.4 is 10.6 Å². The molecule has 6 nitrogen and oxygen atoms in total. The summed E-state index contributed by atoms with van der Waals surface area (Å²) < 4.78 is 5.36. The van der Waals surface area contributed by atoms with Crippen LogP contribution in [0.4, 0.5) is 5.69 Å². The third-order valence-electron chi connectivity index (χ3n) is 4.06. The summed E-state index contributed by atoms with van der Waals surface area (Å²) in [6.07, 6.45) is 1.64. The van der Waals surface area contributed by atoms with Gasteiger partial charge in [-0.3, -0.25) is 9.59 Å². The molecular weight excluding hydrogens is 386 g/mol. The molecule has 0 fully saturated rings. The van der Waals surface area contributed by atoms with Crippen LogP contribution in [-0.2, 0) is 9.59 Å². The van der Waals surface area contributed by atoms with Gasteiger partial charge in [-0.15, -0.1) is 0 Å². The molecule has 1 aliphatic heterocycles. The van der Waals surface area contributed by atoms with Crippen LogP contribution in [0.3, 0.4) is 0 Å². The van der Waals surface area contributed by atoms with Crippen molar-refractivity contribution in [2.45, 2.75) is 19.3 Å². The lowest BCUT2D eigenvalue weighted by atomic mass is 9.92. The number of halogens is 1. The summed E-state index contributed by atoms with van der Waals surface area (Å²) in [6.45, 7) is 1.87. The Balaban J connectivity index is 1.73. The van der Waals surface area contributed by atoms with Crippen LogP contribution >= 0.6 is 23.4 Å². The maximum Gasteiger partial charge on any atom is 0.234 e. The second kappa shape index (κ2) is 8.33. The minimum Gasteiger partial charge on any atom is -0.469 e. The third kappa shape index (κ3) is 4.54. The first-order valence-corrected chi connectivity index (χ1v) is 9.50. The topological polar surface area (TPSA) is 95.1 Å². The van der Waals surface area contributed by atoms with E-state index in [-0.39, 0.29) is 24.0 Å². The predicted molar refractivity (Wildman–Crippen MR) is 104 cm³/mol. The molecule has 2 heterocycles. The van der Waals surface area contributed by atoms with Crippen LogP contribution in [0.25, 0.3) is 0 Å². The second-order valence-electron chi connectivity index (χ2n) is 5.97. The maximum atomic E-state index is 12.3. The van der Waals surface area contributed by atoms with Crippen LogP contribution in [0.2, 0.25) is 5.02 Å². The Morgan fingerprint density at radius 1 is 1.48 bits per heavy atom. The number of benzene rings is 1. The highest BCUT2D eigenvalue weighted by atomic mass is 35.5. The van der Waals surface area contributed by atoms with E-state index in [2.05, 4.69) is 16.7 Å². The minimum absolute atomic E-state index is 0.0393. The number of hydrogen-bond acceptors (Lipinski definition) is 5. The summed E-state index contributed by atoms with van der Waals surface area (Å²) in [6, 6.07) is 10.8. The number of furan rings is 1. The molecule has 1 aliphatic rings. The average molecular weight is 402 g/mol. The van der Waals surface area contributed by atoms with E-state index in [0.717, 1.165) is 17.3 Å². The van der Waals surface area contributed by atoms with Crippen molar-refractivity contribution in [1.29, 1.82) is 5.26 Å². The van der Waals surface area contributed by atoms with Crippen molar-refractivity contribution in [2.24, 2.45) is 0 Å². The third-order valence-corrected chi connectivity index (χ3v) is 5.32. The quantitative estimate of drug-likeness (QED) is 0.790. The number of aryl methyl sites for hydroxylation is 1. The maximum absolute atomic E-state index is 12.3. The van der Waals surface area contributed by atoms with E-state index >= 15 is 0 Å². The number of hydrogen-bond donors (Lipinski definition) is 2. The van der Waals surface area contributed by atoms with Crippen molar-refractivity contribution in [3.05, 3.63) is 63.5 Å². The van der Waals surface area contributed by atoms with Gasteiger partial charge in [-0.2, -0.15) is 5.26 Å². The van der Waals surface area contributed by atoms with Crippen molar-refractivity contribution in [2.75, 3.05) is 11.1 Å². The van der Waals surface area contributed by atoms with E-state index in [9.17, 15) is 14.9 Å². The van der Waals surface area contributed by atoms with Crippen molar-refractivity contribution < 1.29 is 14.0 Å². The molecule has 1 aromatic carbocycles. The van der Waals surface area contributed by atoms with E-state index in [1.165, 1.54) is 6.26 Å². The van der Waals surface area contributed by atoms with Gasteiger partial charge in [-0.1, -0.05) is 29.4 Å². The largest absolute Gasteiger partial charge is 0.469 e. The number of nitrogens with one attached hydrogen (secondary N) is 2. The highest BCUT2D eigenvalue weighted by Gasteiger charge is 2.31. The molecule has 0 saturated heterocycles. The molecule has 0 spiro atoms. The van der Waals surface area contributed by atoms with Gasteiger partial charge >= 0.3 is 0 Å². The number of amides is 2. The molecule has 1 atom stereocenters. The van der Waals surface area contributed by atoms with Crippen molar-refractivity contribution in [1.82, 2.24) is 5.32 Å². The fourth-order valence-electron chi connectivity index (χ4n) is 2.72. The number of rotatable bonds is 5. The monoisotopic (exact) mass is 401 g/mol. The number of nitrogens with zero attached hydrogens (tertiary/aromatic N) is 1. The Hall–Kier alpha value is -2.69. The lowest BCUT2D eigenvalue weighted by molar-refractivity contribution is -0.121. The van der Waals surface area contributed by atoms with Gasteiger partial charge in [-0.25, -0.2) is 0 Å². The molecule has 8 heteroatoms. The van der Waals surface area contributed by atoms with E-state index in [1.54, 1.807) is 24.3 Å². The molecule has 0 radical (unpaired) electrons. The first-order valence-electron chi connectivity index (χ1n) is 8.14. The number of carbonyl (C=O) groups excluding carboxylic acids is 2. The van der Waals surface area contributed by atoms with Crippen LogP contribution in [0, 0.1) is 18.3 Å². The van der Waals surface area contributed by atoms with Gasteiger partial charge < -0.3 is 15.1 Å². The van der Waals surface area contributed by atoms with Gasteiger partial charge in [0.05, 0.1) is 34.6 Å². The summed E-state index contributed by atoms with van der Waals surface area (Å²) in [5.74, 6) is -0.330. The van der Waals surface area contributed by atoms with Gasteiger partial charge in [0.25, 0.3) is 0 Å². The summed E-state index contributed by atoms with van der Waals surface area (Å²) >= 11 is 7.07. The van der Waals surface area contributed by atoms with Gasteiger partial charge in [-0.05, 0) is 36.8 Å². The van der Waals surface area contributed by atoms with Gasteiger partial charge in [0, 0.05) is 17.1 Å².